The lowest BCUT2D eigenvalue weighted by molar-refractivity contribution is -0.135. The van der Waals surface area contributed by atoms with Crippen LogP contribution in [-0.2, 0) is 22.4 Å². The molecule has 1 fully saturated rings. The molecule has 8 heteroatoms. The number of benzene rings is 2. The van der Waals surface area contributed by atoms with E-state index in [0.29, 0.717) is 23.7 Å². The van der Waals surface area contributed by atoms with Crippen molar-refractivity contribution in [3.05, 3.63) is 81.1 Å². The average Bonchev–Trinajstić information content (AvgIpc) is 3.43. The second-order valence-electron chi connectivity index (χ2n) is 7.83. The van der Waals surface area contributed by atoms with E-state index in [1.807, 2.05) is 37.4 Å². The largest absolute Gasteiger partial charge is 0.324 e. The zero-order chi connectivity index (χ0) is 22.7. The SMILES string of the molecule is Cc1cccc(NC(=O)C2CSCN2C(=O)Cc2csc(Cc3ccc(F)cc3)n2)c1C. The molecule has 1 N–H and O–H groups in total. The molecule has 166 valence electrons. The topological polar surface area (TPSA) is 62.3 Å². The predicted octanol–water partition coefficient (Wildman–Crippen LogP) is 4.57. The van der Waals surface area contributed by atoms with Crippen LogP contribution in [0.3, 0.4) is 0 Å². The number of hydrogen-bond acceptors (Lipinski definition) is 5. The normalized spacial score (nSPS) is 15.7. The van der Waals surface area contributed by atoms with Crippen molar-refractivity contribution < 1.29 is 14.0 Å². The van der Waals surface area contributed by atoms with E-state index in [0.717, 1.165) is 27.4 Å². The number of rotatable bonds is 6. The highest BCUT2D eigenvalue weighted by molar-refractivity contribution is 7.99. The maximum absolute atomic E-state index is 13.1. The lowest BCUT2D eigenvalue weighted by Gasteiger charge is -2.23. The van der Waals surface area contributed by atoms with Crippen molar-refractivity contribution in [1.82, 2.24) is 9.88 Å². The number of hydrogen-bond donors (Lipinski definition) is 1. The van der Waals surface area contributed by atoms with Crippen molar-refractivity contribution in [3.63, 3.8) is 0 Å². The van der Waals surface area contributed by atoms with E-state index < -0.39 is 6.04 Å². The van der Waals surface area contributed by atoms with Gasteiger partial charge in [-0.15, -0.1) is 23.1 Å². The molecule has 0 aliphatic carbocycles. The molecular weight excluding hydrogens is 445 g/mol. The van der Waals surface area contributed by atoms with E-state index >= 15 is 0 Å². The van der Waals surface area contributed by atoms with Gasteiger partial charge < -0.3 is 10.2 Å². The van der Waals surface area contributed by atoms with Gasteiger partial charge in [0.1, 0.15) is 11.9 Å². The Morgan fingerprint density at radius 2 is 1.97 bits per heavy atom. The van der Waals surface area contributed by atoms with Crippen LogP contribution in [0, 0.1) is 19.7 Å². The van der Waals surface area contributed by atoms with E-state index in [1.165, 1.54) is 23.5 Å². The highest BCUT2D eigenvalue weighted by atomic mass is 32.2. The summed E-state index contributed by atoms with van der Waals surface area (Å²) in [5.41, 5.74) is 4.58. The first-order chi connectivity index (χ1) is 15.4. The molecule has 3 aromatic rings. The molecule has 0 saturated carbocycles. The van der Waals surface area contributed by atoms with Crippen LogP contribution in [0.4, 0.5) is 10.1 Å². The zero-order valence-corrected chi connectivity index (χ0v) is 19.6. The molecule has 2 amide bonds. The minimum absolute atomic E-state index is 0.102. The van der Waals surface area contributed by atoms with Gasteiger partial charge in [0.2, 0.25) is 11.8 Å². The van der Waals surface area contributed by atoms with Crippen LogP contribution in [-0.4, -0.2) is 39.4 Å². The smallest absolute Gasteiger partial charge is 0.248 e. The summed E-state index contributed by atoms with van der Waals surface area (Å²) >= 11 is 3.06. The van der Waals surface area contributed by atoms with Gasteiger partial charge in [0.05, 0.1) is 23.0 Å². The summed E-state index contributed by atoms with van der Waals surface area (Å²) in [5, 5.41) is 5.75. The lowest BCUT2D eigenvalue weighted by Crippen LogP contribution is -2.45. The van der Waals surface area contributed by atoms with Crippen LogP contribution in [0.25, 0.3) is 0 Å². The van der Waals surface area contributed by atoms with Crippen LogP contribution in [0.5, 0.6) is 0 Å². The van der Waals surface area contributed by atoms with Crippen LogP contribution < -0.4 is 5.32 Å². The summed E-state index contributed by atoms with van der Waals surface area (Å²) in [6.45, 7) is 3.98. The summed E-state index contributed by atoms with van der Waals surface area (Å²) in [6, 6.07) is 11.6. The molecule has 5 nitrogen and oxygen atoms in total. The third-order valence-corrected chi connectivity index (χ3v) is 7.48. The Kier molecular flexibility index (Phi) is 6.91. The molecule has 1 aliphatic rings. The van der Waals surface area contributed by atoms with E-state index in [4.69, 9.17) is 0 Å². The number of amides is 2. The second kappa shape index (κ2) is 9.83. The number of carbonyl (C=O) groups excluding carboxylic acids is 2. The molecule has 1 aliphatic heterocycles. The number of nitrogens with one attached hydrogen (secondary N) is 1. The van der Waals surface area contributed by atoms with Crippen molar-refractivity contribution in [2.75, 3.05) is 16.9 Å². The van der Waals surface area contributed by atoms with Crippen LogP contribution in [0.1, 0.15) is 27.4 Å². The fraction of sp³-hybridized carbons (Fsp3) is 0.292. The number of thioether (sulfide) groups is 1. The van der Waals surface area contributed by atoms with Crippen molar-refractivity contribution in [2.45, 2.75) is 32.7 Å². The van der Waals surface area contributed by atoms with E-state index in [-0.39, 0.29) is 24.1 Å². The number of carbonyl (C=O) groups is 2. The summed E-state index contributed by atoms with van der Waals surface area (Å²) in [4.78, 5) is 32.1. The van der Waals surface area contributed by atoms with Crippen molar-refractivity contribution >= 4 is 40.6 Å². The number of aryl methyl sites for hydroxylation is 1. The Morgan fingerprint density at radius 3 is 2.75 bits per heavy atom. The number of aromatic nitrogens is 1. The van der Waals surface area contributed by atoms with Gasteiger partial charge in [0, 0.05) is 23.2 Å². The van der Waals surface area contributed by atoms with Gasteiger partial charge in [-0.1, -0.05) is 24.3 Å². The zero-order valence-electron chi connectivity index (χ0n) is 17.9. The lowest BCUT2D eigenvalue weighted by atomic mass is 10.1. The van der Waals surface area contributed by atoms with Crippen LogP contribution >= 0.6 is 23.1 Å². The fourth-order valence-corrected chi connectivity index (χ4v) is 5.56. The highest BCUT2D eigenvalue weighted by Crippen LogP contribution is 2.25. The predicted molar refractivity (Wildman–Crippen MR) is 128 cm³/mol. The number of nitrogens with zero attached hydrogens (tertiary/aromatic N) is 2. The molecular formula is C24H24FN3O2S2. The standard InChI is InChI=1S/C24H24FN3O2S2/c1-15-4-3-5-20(16(15)2)27-24(30)21-13-31-14-28(21)23(29)11-19-12-32-22(26-19)10-17-6-8-18(25)9-7-17/h3-9,12,21H,10-11,13-14H2,1-2H3,(H,27,30). The van der Waals surface area contributed by atoms with Gasteiger partial charge in [-0.05, 0) is 48.7 Å². The van der Waals surface area contributed by atoms with E-state index in [9.17, 15) is 14.0 Å². The van der Waals surface area contributed by atoms with Gasteiger partial charge in [-0.25, -0.2) is 9.37 Å². The summed E-state index contributed by atoms with van der Waals surface area (Å²) < 4.78 is 13.1. The monoisotopic (exact) mass is 469 g/mol. The molecule has 2 heterocycles. The molecule has 0 spiro atoms. The Hall–Kier alpha value is -2.71. The molecule has 1 unspecified atom stereocenters. The van der Waals surface area contributed by atoms with Gasteiger partial charge in [-0.2, -0.15) is 0 Å². The van der Waals surface area contributed by atoms with Gasteiger partial charge in [0.15, 0.2) is 0 Å². The van der Waals surface area contributed by atoms with Crippen molar-refractivity contribution in [3.8, 4) is 0 Å². The first-order valence-corrected chi connectivity index (χ1v) is 12.4. The third kappa shape index (κ3) is 5.19. The molecule has 4 rings (SSSR count). The van der Waals surface area contributed by atoms with Crippen molar-refractivity contribution in [1.29, 1.82) is 0 Å². The Morgan fingerprint density at radius 1 is 1.19 bits per heavy atom. The molecule has 32 heavy (non-hydrogen) atoms. The number of halogens is 1. The third-order valence-electron chi connectivity index (χ3n) is 5.57. The Balaban J connectivity index is 1.38. The first kappa shape index (κ1) is 22.5. The summed E-state index contributed by atoms with van der Waals surface area (Å²) in [6.07, 6.45) is 0.757. The van der Waals surface area contributed by atoms with Crippen LogP contribution in [0.2, 0.25) is 0 Å². The molecule has 1 aromatic heterocycles. The van der Waals surface area contributed by atoms with Crippen LogP contribution in [0.15, 0.2) is 47.8 Å². The van der Waals surface area contributed by atoms with E-state index in [1.54, 1.807) is 28.8 Å². The van der Waals surface area contributed by atoms with Gasteiger partial charge >= 0.3 is 0 Å². The molecule has 1 atom stereocenters. The fourth-order valence-electron chi connectivity index (χ4n) is 3.55. The van der Waals surface area contributed by atoms with E-state index in [2.05, 4.69) is 10.3 Å². The molecule has 2 aromatic carbocycles. The maximum atomic E-state index is 13.1. The quantitative estimate of drug-likeness (QED) is 0.574. The summed E-state index contributed by atoms with van der Waals surface area (Å²) in [5.74, 6) is 0.548. The number of thiazole rings is 1. The Bertz CT molecular complexity index is 1130. The van der Waals surface area contributed by atoms with Crippen molar-refractivity contribution in [2.24, 2.45) is 0 Å². The number of anilines is 1. The summed E-state index contributed by atoms with van der Waals surface area (Å²) in [7, 11) is 0. The highest BCUT2D eigenvalue weighted by Gasteiger charge is 2.35. The maximum Gasteiger partial charge on any atom is 0.248 e. The second-order valence-corrected chi connectivity index (χ2v) is 9.77. The van der Waals surface area contributed by atoms with Gasteiger partial charge in [0.25, 0.3) is 0 Å². The molecule has 0 radical (unpaired) electrons. The first-order valence-electron chi connectivity index (χ1n) is 10.3. The average molecular weight is 470 g/mol. The van der Waals surface area contributed by atoms with Gasteiger partial charge in [-0.3, -0.25) is 9.59 Å². The Labute approximate surface area is 195 Å². The molecule has 1 saturated heterocycles. The minimum atomic E-state index is -0.496. The molecule has 0 bridgehead atoms. The minimum Gasteiger partial charge on any atom is -0.324 e.